The number of nitrogens with zero attached hydrogens (tertiary/aromatic N) is 4. The Balaban J connectivity index is 1.59. The fraction of sp³-hybridized carbons (Fsp3) is 0.0556. The van der Waals surface area contributed by atoms with E-state index < -0.39 is 0 Å². The highest BCUT2D eigenvalue weighted by Gasteiger charge is 2.08. The Morgan fingerprint density at radius 3 is 2.44 bits per heavy atom. The molecular formula is C18H14N6O. The summed E-state index contributed by atoms with van der Waals surface area (Å²) in [5, 5.41) is 14.5. The van der Waals surface area contributed by atoms with Gasteiger partial charge in [-0.2, -0.15) is 5.26 Å². The van der Waals surface area contributed by atoms with Gasteiger partial charge in [-0.1, -0.05) is 6.07 Å². The molecule has 0 aliphatic heterocycles. The average molecular weight is 330 g/mol. The zero-order valence-electron chi connectivity index (χ0n) is 13.2. The van der Waals surface area contributed by atoms with Gasteiger partial charge in [0.05, 0.1) is 29.4 Å². The number of rotatable bonds is 5. The molecule has 0 radical (unpaired) electrons. The minimum Gasteiger partial charge on any atom is -0.349 e. The van der Waals surface area contributed by atoms with E-state index in [0.29, 0.717) is 29.3 Å². The first-order valence-electron chi connectivity index (χ1n) is 7.52. The molecule has 3 aromatic rings. The topological polar surface area (TPSA) is 104 Å². The van der Waals surface area contributed by atoms with Crippen LogP contribution in [-0.2, 0) is 6.54 Å². The summed E-state index contributed by atoms with van der Waals surface area (Å²) in [6.07, 6.45) is 4.62. The van der Waals surface area contributed by atoms with Gasteiger partial charge in [-0.3, -0.25) is 9.78 Å². The highest BCUT2D eigenvalue weighted by molar-refractivity contribution is 6.03. The number of nitrogens with one attached hydrogen (secondary N) is 2. The number of carbonyl (C=O) groups excluding carboxylic acids is 1. The minimum absolute atomic E-state index is 0.319. The fourth-order valence-electron chi connectivity index (χ4n) is 2.04. The van der Waals surface area contributed by atoms with Crippen molar-refractivity contribution in [2.45, 2.75) is 6.54 Å². The lowest BCUT2D eigenvalue weighted by Gasteiger charge is -2.06. The van der Waals surface area contributed by atoms with E-state index >= 15 is 0 Å². The summed E-state index contributed by atoms with van der Waals surface area (Å²) >= 11 is 0. The van der Waals surface area contributed by atoms with Crippen LogP contribution in [0, 0.1) is 11.3 Å². The molecule has 3 rings (SSSR count). The first kappa shape index (κ1) is 16.1. The molecule has 2 aromatic heterocycles. The van der Waals surface area contributed by atoms with Crippen LogP contribution in [0.5, 0.6) is 0 Å². The van der Waals surface area contributed by atoms with Crippen LogP contribution in [0.2, 0.25) is 0 Å². The predicted molar refractivity (Wildman–Crippen MR) is 92.7 cm³/mol. The molecule has 2 heterocycles. The number of hydrogen-bond acceptors (Lipinski definition) is 6. The lowest BCUT2D eigenvalue weighted by atomic mass is 10.2. The van der Waals surface area contributed by atoms with Crippen molar-refractivity contribution in [3.63, 3.8) is 0 Å². The third-order valence-corrected chi connectivity index (χ3v) is 3.34. The van der Waals surface area contributed by atoms with Gasteiger partial charge in [0.15, 0.2) is 0 Å². The van der Waals surface area contributed by atoms with Gasteiger partial charge in [-0.05, 0) is 36.4 Å². The predicted octanol–water partition coefficient (Wildman–Crippen LogP) is 2.61. The van der Waals surface area contributed by atoms with Crippen molar-refractivity contribution in [2.24, 2.45) is 0 Å². The first-order chi connectivity index (χ1) is 12.2. The summed E-state index contributed by atoms with van der Waals surface area (Å²) in [7, 11) is 0. The zero-order chi connectivity index (χ0) is 17.5. The second-order valence-electron chi connectivity index (χ2n) is 5.11. The molecule has 7 heteroatoms. The van der Waals surface area contributed by atoms with E-state index in [1.165, 1.54) is 12.4 Å². The maximum absolute atomic E-state index is 12.2. The molecular weight excluding hydrogens is 316 g/mol. The summed E-state index contributed by atoms with van der Waals surface area (Å²) in [6.45, 7) is 0.498. The number of nitriles is 1. The van der Waals surface area contributed by atoms with Gasteiger partial charge in [0.2, 0.25) is 5.95 Å². The third-order valence-electron chi connectivity index (χ3n) is 3.34. The normalized spacial score (nSPS) is 9.88. The molecule has 25 heavy (non-hydrogen) atoms. The van der Waals surface area contributed by atoms with Gasteiger partial charge in [-0.25, -0.2) is 9.97 Å². The van der Waals surface area contributed by atoms with Crippen LogP contribution >= 0.6 is 0 Å². The zero-order valence-corrected chi connectivity index (χ0v) is 13.2. The molecule has 0 aliphatic rings. The van der Waals surface area contributed by atoms with Gasteiger partial charge in [-0.15, -0.1) is 0 Å². The molecule has 0 bridgehead atoms. The van der Waals surface area contributed by atoms with Crippen molar-refractivity contribution in [3.8, 4) is 6.07 Å². The molecule has 2 N–H and O–H groups in total. The second-order valence-corrected chi connectivity index (χ2v) is 5.11. The largest absolute Gasteiger partial charge is 0.349 e. The molecule has 0 fully saturated rings. The molecule has 0 atom stereocenters. The maximum Gasteiger partial charge on any atom is 0.258 e. The molecule has 1 amide bonds. The molecule has 0 aliphatic carbocycles. The van der Waals surface area contributed by atoms with Crippen LogP contribution in [-0.4, -0.2) is 20.9 Å². The van der Waals surface area contributed by atoms with Gasteiger partial charge in [0, 0.05) is 24.3 Å². The highest BCUT2D eigenvalue weighted by atomic mass is 16.1. The summed E-state index contributed by atoms with van der Waals surface area (Å²) in [6, 6.07) is 14.3. The van der Waals surface area contributed by atoms with Crippen LogP contribution in [0.15, 0.2) is 61.1 Å². The van der Waals surface area contributed by atoms with E-state index in [4.69, 9.17) is 5.26 Å². The quantitative estimate of drug-likeness (QED) is 0.745. The monoisotopic (exact) mass is 330 g/mol. The molecule has 1 aromatic carbocycles. The van der Waals surface area contributed by atoms with Gasteiger partial charge < -0.3 is 10.6 Å². The number of hydrogen-bond donors (Lipinski definition) is 2. The van der Waals surface area contributed by atoms with Crippen molar-refractivity contribution in [2.75, 3.05) is 10.6 Å². The van der Waals surface area contributed by atoms with Crippen molar-refractivity contribution >= 4 is 17.5 Å². The second kappa shape index (κ2) is 7.66. The number of pyridine rings is 1. The van der Waals surface area contributed by atoms with E-state index in [1.807, 2.05) is 24.3 Å². The smallest absolute Gasteiger partial charge is 0.258 e. The Hall–Kier alpha value is -3.79. The summed E-state index contributed by atoms with van der Waals surface area (Å²) in [4.78, 5) is 24.6. The minimum atomic E-state index is -0.319. The number of carbonyl (C=O) groups is 1. The summed E-state index contributed by atoms with van der Waals surface area (Å²) in [5.41, 5.74) is 2.34. The fourth-order valence-corrected chi connectivity index (χ4v) is 2.04. The molecule has 7 nitrogen and oxygen atoms in total. The van der Waals surface area contributed by atoms with E-state index in [9.17, 15) is 4.79 Å². The first-order valence-corrected chi connectivity index (χ1v) is 7.52. The van der Waals surface area contributed by atoms with Crippen molar-refractivity contribution in [1.82, 2.24) is 15.0 Å². The Morgan fingerprint density at radius 2 is 1.80 bits per heavy atom. The number of amides is 1. The average Bonchev–Trinajstić information content (AvgIpc) is 2.68. The third kappa shape index (κ3) is 4.36. The molecule has 0 spiro atoms. The van der Waals surface area contributed by atoms with Crippen LogP contribution in [0.3, 0.4) is 0 Å². The van der Waals surface area contributed by atoms with Crippen LogP contribution in [0.4, 0.5) is 11.6 Å². The van der Waals surface area contributed by atoms with Gasteiger partial charge >= 0.3 is 0 Å². The number of aromatic nitrogens is 3. The Kier molecular flexibility index (Phi) is 4.93. The van der Waals surface area contributed by atoms with E-state index in [2.05, 4.69) is 25.6 Å². The Bertz CT molecular complexity index is 886. The summed E-state index contributed by atoms with van der Waals surface area (Å²) < 4.78 is 0. The van der Waals surface area contributed by atoms with Gasteiger partial charge in [0.1, 0.15) is 0 Å². The van der Waals surface area contributed by atoms with Crippen LogP contribution in [0.1, 0.15) is 21.6 Å². The van der Waals surface area contributed by atoms with E-state index in [1.54, 1.807) is 30.5 Å². The lowest BCUT2D eigenvalue weighted by Crippen LogP contribution is -2.13. The standard InChI is InChI=1S/C18H14N6O/c19-9-13-4-6-15(7-5-13)24-17(25)14-10-21-18(22-11-14)23-12-16-3-1-2-8-20-16/h1-8,10-11H,12H2,(H,24,25)(H,21,22,23). The highest BCUT2D eigenvalue weighted by Crippen LogP contribution is 2.11. The van der Waals surface area contributed by atoms with Crippen LogP contribution in [0.25, 0.3) is 0 Å². The lowest BCUT2D eigenvalue weighted by molar-refractivity contribution is 0.102. The molecule has 0 unspecified atom stereocenters. The van der Waals surface area contributed by atoms with Crippen molar-refractivity contribution < 1.29 is 4.79 Å². The number of benzene rings is 1. The number of anilines is 2. The molecule has 0 saturated heterocycles. The van der Waals surface area contributed by atoms with E-state index in [0.717, 1.165) is 5.69 Å². The summed E-state index contributed by atoms with van der Waals surface area (Å²) in [5.74, 6) is 0.0987. The van der Waals surface area contributed by atoms with Crippen LogP contribution < -0.4 is 10.6 Å². The van der Waals surface area contributed by atoms with Crippen molar-refractivity contribution in [1.29, 1.82) is 5.26 Å². The molecule has 122 valence electrons. The Labute approximate surface area is 144 Å². The van der Waals surface area contributed by atoms with Crippen molar-refractivity contribution in [3.05, 3.63) is 77.9 Å². The van der Waals surface area contributed by atoms with E-state index in [-0.39, 0.29) is 5.91 Å². The van der Waals surface area contributed by atoms with Gasteiger partial charge in [0.25, 0.3) is 5.91 Å². The SMILES string of the molecule is N#Cc1ccc(NC(=O)c2cnc(NCc3ccccn3)nc2)cc1. The Morgan fingerprint density at radius 1 is 1.04 bits per heavy atom. The molecule has 0 saturated carbocycles. The maximum atomic E-state index is 12.2.